The van der Waals surface area contributed by atoms with Gasteiger partial charge in [-0.2, -0.15) is 0 Å². The fraction of sp³-hybridized carbons (Fsp3) is 0.0645. The van der Waals surface area contributed by atoms with Gasteiger partial charge in [-0.05, 0) is 58.3 Å². The van der Waals surface area contributed by atoms with Gasteiger partial charge < -0.3 is 5.32 Å². The van der Waals surface area contributed by atoms with Crippen LogP contribution in [0.4, 0.5) is 0 Å². The second kappa shape index (κ2) is 8.42. The largest absolute Gasteiger partial charge is 0.309 e. The second-order valence-corrected chi connectivity index (χ2v) is 10.0. The predicted octanol–water partition coefficient (Wildman–Crippen LogP) is 7.38. The average molecular weight is 469 g/mol. The van der Waals surface area contributed by atoms with Crippen molar-refractivity contribution in [1.82, 2.24) is 15.3 Å². The summed E-state index contributed by atoms with van der Waals surface area (Å²) in [6.45, 7) is 1.61. The van der Waals surface area contributed by atoms with Gasteiger partial charge in [-0.25, -0.2) is 0 Å². The molecule has 35 heavy (non-hydrogen) atoms. The number of pyridine rings is 2. The predicted molar refractivity (Wildman–Crippen MR) is 145 cm³/mol. The van der Waals surface area contributed by atoms with Gasteiger partial charge in [0, 0.05) is 28.7 Å². The van der Waals surface area contributed by atoms with E-state index in [4.69, 9.17) is 9.97 Å². The molecule has 1 N–H and O–H groups in total. The molecule has 0 spiro atoms. The maximum atomic E-state index is 5.11. The summed E-state index contributed by atoms with van der Waals surface area (Å²) in [6, 6.07) is 34.4. The van der Waals surface area contributed by atoms with Crippen LogP contribution in [0.2, 0.25) is 0 Å². The van der Waals surface area contributed by atoms with Crippen molar-refractivity contribution in [2.75, 3.05) is 0 Å². The Kier molecular flexibility index (Phi) is 4.93. The molecule has 167 valence electrons. The number of thiophene rings is 1. The smallest absolute Gasteiger partial charge is 0.0805 e. The van der Waals surface area contributed by atoms with Crippen molar-refractivity contribution < 1.29 is 0 Å². The summed E-state index contributed by atoms with van der Waals surface area (Å²) >= 11 is 1.80. The summed E-state index contributed by atoms with van der Waals surface area (Å²) in [4.78, 5) is 11.3. The van der Waals surface area contributed by atoms with E-state index in [0.717, 1.165) is 46.8 Å². The lowest BCUT2D eigenvalue weighted by molar-refractivity contribution is 0.697. The molecule has 1 radical (unpaired) electrons. The Morgan fingerprint density at radius 1 is 0.686 bits per heavy atom. The molecule has 0 fully saturated rings. The van der Waals surface area contributed by atoms with Crippen LogP contribution in [0.25, 0.3) is 42.7 Å². The van der Waals surface area contributed by atoms with Gasteiger partial charge in [0.2, 0.25) is 0 Å². The Bertz CT molecular complexity index is 1720. The van der Waals surface area contributed by atoms with E-state index in [1.165, 1.54) is 31.5 Å². The number of aromatic nitrogens is 2. The number of rotatable bonds is 0. The van der Waals surface area contributed by atoms with Crippen LogP contribution in [0.5, 0.6) is 0 Å². The van der Waals surface area contributed by atoms with E-state index in [0.29, 0.717) is 0 Å². The first-order chi connectivity index (χ1) is 17.3. The molecule has 0 saturated carbocycles. The number of nitrogens with one attached hydrogen (secondary N) is 1. The molecule has 8 bridgehead atoms. The highest BCUT2D eigenvalue weighted by Gasteiger charge is 2.13. The third-order valence-corrected chi connectivity index (χ3v) is 7.70. The van der Waals surface area contributed by atoms with Crippen LogP contribution >= 0.6 is 11.3 Å². The summed E-state index contributed by atoms with van der Waals surface area (Å²) in [5, 5.41) is 7.30. The molecule has 0 atom stereocenters. The van der Waals surface area contributed by atoms with E-state index in [1.807, 2.05) is 0 Å². The van der Waals surface area contributed by atoms with Crippen molar-refractivity contribution in [3.8, 4) is 21.8 Å². The lowest BCUT2D eigenvalue weighted by Crippen LogP contribution is -2.12. The first-order valence-corrected chi connectivity index (χ1v) is 12.7. The lowest BCUT2D eigenvalue weighted by Gasteiger charge is -2.12. The molecule has 0 aliphatic carbocycles. The third-order valence-electron chi connectivity index (χ3n) is 6.58. The standard InChI is InChI=1S/C31H22N3S/c1-2-11-26-21(7-1)15-25-16-24-10-5-12-28(33-24)30-17-27-23(9-4-13-29(27)35-30)19-32-18-20-6-3-8-22(14-20)31(26)34-25/h1-17,32H,18-19H2. The molecule has 0 saturated heterocycles. The highest BCUT2D eigenvalue weighted by atomic mass is 32.1. The van der Waals surface area contributed by atoms with Crippen LogP contribution in [0.3, 0.4) is 0 Å². The molecule has 1 aliphatic heterocycles. The maximum Gasteiger partial charge on any atom is 0.0805 e. The minimum atomic E-state index is 0.799. The monoisotopic (exact) mass is 468 g/mol. The number of hydrogen-bond donors (Lipinski definition) is 1. The topological polar surface area (TPSA) is 37.8 Å². The summed E-state index contributed by atoms with van der Waals surface area (Å²) in [6.07, 6.45) is 2.09. The van der Waals surface area contributed by atoms with Gasteiger partial charge in [0.1, 0.15) is 0 Å². The molecule has 0 amide bonds. The van der Waals surface area contributed by atoms with Crippen molar-refractivity contribution in [3.05, 3.63) is 126 Å². The van der Waals surface area contributed by atoms with E-state index >= 15 is 0 Å². The summed E-state index contributed by atoms with van der Waals surface area (Å²) in [5.74, 6) is 0. The summed E-state index contributed by atoms with van der Waals surface area (Å²) in [5.41, 5.74) is 7.51. The number of benzene rings is 3. The van der Waals surface area contributed by atoms with Crippen molar-refractivity contribution in [2.24, 2.45) is 0 Å². The van der Waals surface area contributed by atoms with E-state index in [-0.39, 0.29) is 0 Å². The Morgan fingerprint density at radius 3 is 2.60 bits per heavy atom. The van der Waals surface area contributed by atoms with Crippen LogP contribution in [-0.2, 0) is 13.1 Å². The fourth-order valence-corrected chi connectivity index (χ4v) is 5.98. The molecular weight excluding hydrogens is 446 g/mol. The second-order valence-electron chi connectivity index (χ2n) is 8.95. The third kappa shape index (κ3) is 3.81. The normalized spacial score (nSPS) is 13.3. The van der Waals surface area contributed by atoms with Gasteiger partial charge in [-0.3, -0.25) is 9.97 Å². The summed E-state index contributed by atoms with van der Waals surface area (Å²) < 4.78 is 1.29. The Balaban J connectivity index is 1.44. The van der Waals surface area contributed by atoms with Gasteiger partial charge in [0.25, 0.3) is 0 Å². The van der Waals surface area contributed by atoms with Crippen LogP contribution < -0.4 is 5.32 Å². The Labute approximate surface area is 208 Å². The average Bonchev–Trinajstić information content (AvgIpc) is 3.34. The van der Waals surface area contributed by atoms with Crippen LogP contribution in [0.15, 0.2) is 97.1 Å². The van der Waals surface area contributed by atoms with E-state index in [9.17, 15) is 0 Å². The zero-order valence-corrected chi connectivity index (χ0v) is 19.8. The number of hydrogen-bond acceptors (Lipinski definition) is 4. The fourth-order valence-electron chi connectivity index (χ4n) is 4.91. The maximum absolute atomic E-state index is 5.11. The number of nitrogens with zero attached hydrogens (tertiary/aromatic N) is 2. The van der Waals surface area contributed by atoms with E-state index in [1.54, 1.807) is 11.3 Å². The molecule has 6 aromatic rings. The molecule has 0 unspecified atom stereocenters. The zero-order valence-electron chi connectivity index (χ0n) is 19.0. The summed E-state index contributed by atoms with van der Waals surface area (Å²) in [7, 11) is 0. The van der Waals surface area contributed by atoms with Gasteiger partial charge in [0.15, 0.2) is 0 Å². The zero-order chi connectivity index (χ0) is 23.2. The van der Waals surface area contributed by atoms with Crippen molar-refractivity contribution in [3.63, 3.8) is 0 Å². The van der Waals surface area contributed by atoms with Crippen LogP contribution in [0.1, 0.15) is 22.5 Å². The molecule has 3 aromatic carbocycles. The Morgan fingerprint density at radius 2 is 1.60 bits per heavy atom. The van der Waals surface area contributed by atoms with Crippen LogP contribution in [0, 0.1) is 6.42 Å². The minimum absolute atomic E-state index is 0.799. The van der Waals surface area contributed by atoms with Crippen LogP contribution in [-0.4, -0.2) is 9.97 Å². The highest BCUT2D eigenvalue weighted by Crippen LogP contribution is 2.35. The molecule has 1 aliphatic rings. The van der Waals surface area contributed by atoms with E-state index < -0.39 is 0 Å². The van der Waals surface area contributed by atoms with Crippen molar-refractivity contribution in [1.29, 1.82) is 0 Å². The molecule has 7 rings (SSSR count). The quantitative estimate of drug-likeness (QED) is 0.253. The molecule has 4 heteroatoms. The Hall–Kier alpha value is -3.86. The van der Waals surface area contributed by atoms with Gasteiger partial charge in [-0.15, -0.1) is 11.3 Å². The lowest BCUT2D eigenvalue weighted by atomic mass is 10.0. The van der Waals surface area contributed by atoms with Gasteiger partial charge in [0.05, 0.1) is 34.1 Å². The van der Waals surface area contributed by atoms with E-state index in [2.05, 4.69) is 109 Å². The molecule has 3 nitrogen and oxygen atoms in total. The molecule has 4 heterocycles. The SMILES string of the molecule is [CH]1c2cccc(n2)-c2cc3c(cccc3s2)CNCc2cccc(c2)-c2nc1cc1ccccc21. The molecule has 3 aromatic heterocycles. The minimum Gasteiger partial charge on any atom is -0.309 e. The van der Waals surface area contributed by atoms with Gasteiger partial charge >= 0.3 is 0 Å². The van der Waals surface area contributed by atoms with Crippen molar-refractivity contribution >= 4 is 32.2 Å². The van der Waals surface area contributed by atoms with Crippen molar-refractivity contribution in [2.45, 2.75) is 13.1 Å². The number of fused-ring (bicyclic) bond motifs is 11. The molecular formula is C31H22N3S. The highest BCUT2D eigenvalue weighted by molar-refractivity contribution is 7.22. The first-order valence-electron chi connectivity index (χ1n) is 11.8. The first kappa shape index (κ1) is 20.5. The van der Waals surface area contributed by atoms with Gasteiger partial charge in [-0.1, -0.05) is 60.7 Å².